The summed E-state index contributed by atoms with van der Waals surface area (Å²) in [5.41, 5.74) is 1.81. The van der Waals surface area contributed by atoms with Gasteiger partial charge in [-0.05, 0) is 43.2 Å². The fourth-order valence-corrected chi connectivity index (χ4v) is 4.49. The van der Waals surface area contributed by atoms with Crippen molar-refractivity contribution in [3.05, 3.63) is 101 Å². The molecule has 0 saturated carbocycles. The Morgan fingerprint density at radius 3 is 2.15 bits per heavy atom. The van der Waals surface area contributed by atoms with E-state index in [1.54, 1.807) is 11.0 Å². The molecule has 172 valence electrons. The third-order valence-corrected chi connectivity index (χ3v) is 6.47. The number of benzene rings is 3. The lowest BCUT2D eigenvalue weighted by molar-refractivity contribution is -0.139. The summed E-state index contributed by atoms with van der Waals surface area (Å²) in [4.78, 5) is 29.5. The maximum absolute atomic E-state index is 13.5. The van der Waals surface area contributed by atoms with Crippen LogP contribution in [0.4, 0.5) is 0 Å². The van der Waals surface area contributed by atoms with Gasteiger partial charge in [0.15, 0.2) is 0 Å². The summed E-state index contributed by atoms with van der Waals surface area (Å²) in [6.07, 6.45) is 0.422. The Morgan fingerprint density at radius 1 is 0.909 bits per heavy atom. The molecule has 3 aromatic carbocycles. The van der Waals surface area contributed by atoms with E-state index in [-0.39, 0.29) is 30.2 Å². The maximum atomic E-state index is 13.5. The van der Waals surface area contributed by atoms with Crippen LogP contribution in [0.1, 0.15) is 25.0 Å². The van der Waals surface area contributed by atoms with Crippen molar-refractivity contribution in [3.63, 3.8) is 0 Å². The van der Waals surface area contributed by atoms with E-state index in [0.717, 1.165) is 16.0 Å². The van der Waals surface area contributed by atoms with Gasteiger partial charge in [0.05, 0.1) is 5.75 Å². The van der Waals surface area contributed by atoms with Crippen LogP contribution in [0.25, 0.3) is 0 Å². The van der Waals surface area contributed by atoms with Crippen LogP contribution in [0.3, 0.4) is 0 Å². The first kappa shape index (κ1) is 24.9. The van der Waals surface area contributed by atoms with Crippen LogP contribution >= 0.6 is 23.4 Å². The summed E-state index contributed by atoms with van der Waals surface area (Å²) in [6, 6.07) is 26.3. The topological polar surface area (TPSA) is 49.4 Å². The summed E-state index contributed by atoms with van der Waals surface area (Å²) < 4.78 is 0. The Balaban J connectivity index is 1.91. The van der Waals surface area contributed by atoms with E-state index in [1.807, 2.05) is 92.7 Å². The smallest absolute Gasteiger partial charge is 0.243 e. The van der Waals surface area contributed by atoms with Crippen molar-refractivity contribution < 1.29 is 9.59 Å². The fourth-order valence-electron chi connectivity index (χ4n) is 3.49. The number of hydrogen-bond donors (Lipinski definition) is 1. The Kier molecular flexibility index (Phi) is 9.40. The molecule has 1 atom stereocenters. The monoisotopic (exact) mass is 480 g/mol. The molecule has 2 amide bonds. The number of halogens is 1. The molecule has 1 unspecified atom stereocenters. The molecule has 6 heteroatoms. The van der Waals surface area contributed by atoms with Gasteiger partial charge >= 0.3 is 0 Å². The molecular weight excluding hydrogens is 452 g/mol. The van der Waals surface area contributed by atoms with E-state index in [9.17, 15) is 9.59 Å². The minimum atomic E-state index is -0.657. The summed E-state index contributed by atoms with van der Waals surface area (Å²) in [7, 11) is 0. The van der Waals surface area contributed by atoms with Crippen LogP contribution in [0.15, 0.2) is 89.8 Å². The molecule has 0 aliphatic heterocycles. The zero-order valence-electron chi connectivity index (χ0n) is 18.9. The van der Waals surface area contributed by atoms with Gasteiger partial charge in [0.2, 0.25) is 11.8 Å². The van der Waals surface area contributed by atoms with Crippen LogP contribution in [0, 0.1) is 0 Å². The molecule has 4 nitrogen and oxygen atoms in total. The van der Waals surface area contributed by atoms with E-state index in [1.165, 1.54) is 11.8 Å². The molecule has 0 aliphatic carbocycles. The van der Waals surface area contributed by atoms with E-state index >= 15 is 0 Å². The van der Waals surface area contributed by atoms with Crippen molar-refractivity contribution in [1.29, 1.82) is 0 Å². The van der Waals surface area contributed by atoms with Gasteiger partial charge in [0, 0.05) is 28.9 Å². The Bertz CT molecular complexity index is 1040. The van der Waals surface area contributed by atoms with E-state index in [2.05, 4.69) is 5.32 Å². The number of carbonyl (C=O) groups is 2. The first-order valence-corrected chi connectivity index (χ1v) is 12.4. The van der Waals surface area contributed by atoms with E-state index < -0.39 is 6.04 Å². The Labute approximate surface area is 205 Å². The molecule has 0 bridgehead atoms. The first-order valence-electron chi connectivity index (χ1n) is 11.0. The predicted octanol–water partition coefficient (Wildman–Crippen LogP) is 5.60. The molecular formula is C27H29ClN2O2S. The summed E-state index contributed by atoms with van der Waals surface area (Å²) in [6.45, 7) is 4.10. The minimum Gasteiger partial charge on any atom is -0.352 e. The van der Waals surface area contributed by atoms with Crippen LogP contribution in [-0.2, 0) is 22.6 Å². The average molecular weight is 481 g/mol. The molecule has 1 N–H and O–H groups in total. The van der Waals surface area contributed by atoms with Crippen LogP contribution in [-0.4, -0.2) is 34.6 Å². The zero-order valence-corrected chi connectivity index (χ0v) is 20.5. The minimum absolute atomic E-state index is 0.0354. The predicted molar refractivity (Wildman–Crippen MR) is 136 cm³/mol. The van der Waals surface area contributed by atoms with Crippen molar-refractivity contribution in [1.82, 2.24) is 10.2 Å². The number of rotatable bonds is 10. The lowest BCUT2D eigenvalue weighted by Crippen LogP contribution is -2.52. The zero-order chi connectivity index (χ0) is 23.6. The maximum Gasteiger partial charge on any atom is 0.243 e. The second kappa shape index (κ2) is 12.5. The summed E-state index contributed by atoms with van der Waals surface area (Å²) >= 11 is 7.90. The fraction of sp³-hybridized carbons (Fsp3) is 0.259. The van der Waals surface area contributed by atoms with Crippen LogP contribution < -0.4 is 5.32 Å². The summed E-state index contributed by atoms with van der Waals surface area (Å²) in [5.74, 6) is -0.0445. The highest BCUT2D eigenvalue weighted by Crippen LogP contribution is 2.23. The van der Waals surface area contributed by atoms with Crippen molar-refractivity contribution in [2.45, 2.75) is 43.8 Å². The Morgan fingerprint density at radius 2 is 1.52 bits per heavy atom. The molecule has 0 aliphatic rings. The van der Waals surface area contributed by atoms with Gasteiger partial charge < -0.3 is 10.2 Å². The van der Waals surface area contributed by atoms with Crippen molar-refractivity contribution in [2.75, 3.05) is 5.75 Å². The van der Waals surface area contributed by atoms with E-state index in [0.29, 0.717) is 11.4 Å². The van der Waals surface area contributed by atoms with E-state index in [4.69, 9.17) is 11.6 Å². The largest absolute Gasteiger partial charge is 0.352 e. The first-order chi connectivity index (χ1) is 15.9. The van der Waals surface area contributed by atoms with Crippen LogP contribution in [0.2, 0.25) is 5.02 Å². The molecule has 0 radical (unpaired) electrons. The van der Waals surface area contributed by atoms with Gasteiger partial charge in [-0.15, -0.1) is 11.8 Å². The number of thioether (sulfide) groups is 1. The molecule has 3 rings (SSSR count). The van der Waals surface area contributed by atoms with Gasteiger partial charge in [-0.25, -0.2) is 0 Å². The highest BCUT2D eigenvalue weighted by atomic mass is 35.5. The molecule has 0 saturated heterocycles. The molecule has 0 aromatic heterocycles. The second-order valence-corrected chi connectivity index (χ2v) is 9.54. The Hall–Kier alpha value is -2.76. The standard InChI is InChI=1S/C27H29ClN2O2S/c1-20(2)29-27(32)25(17-21-11-5-3-6-12-21)30(18-22-13-9-10-16-24(22)28)26(31)19-33-23-14-7-4-8-15-23/h3-16,20,25H,17-19H2,1-2H3,(H,29,32). The number of hydrogen-bond acceptors (Lipinski definition) is 3. The second-order valence-electron chi connectivity index (χ2n) is 8.08. The summed E-state index contributed by atoms with van der Waals surface area (Å²) in [5, 5.41) is 3.58. The van der Waals surface area contributed by atoms with Crippen molar-refractivity contribution in [3.8, 4) is 0 Å². The quantitative estimate of drug-likeness (QED) is 0.384. The number of amides is 2. The molecule has 33 heavy (non-hydrogen) atoms. The molecule has 0 heterocycles. The number of nitrogens with one attached hydrogen (secondary N) is 1. The average Bonchev–Trinajstić information content (AvgIpc) is 2.81. The highest BCUT2D eigenvalue weighted by molar-refractivity contribution is 8.00. The third kappa shape index (κ3) is 7.65. The van der Waals surface area contributed by atoms with Gasteiger partial charge in [-0.3, -0.25) is 9.59 Å². The number of carbonyl (C=O) groups excluding carboxylic acids is 2. The van der Waals surface area contributed by atoms with Gasteiger partial charge in [-0.2, -0.15) is 0 Å². The van der Waals surface area contributed by atoms with Crippen molar-refractivity contribution >= 4 is 35.2 Å². The third-order valence-electron chi connectivity index (χ3n) is 5.11. The SMILES string of the molecule is CC(C)NC(=O)C(Cc1ccccc1)N(Cc1ccccc1Cl)C(=O)CSc1ccccc1. The molecule has 0 spiro atoms. The van der Waals surface area contributed by atoms with Gasteiger partial charge in [0.25, 0.3) is 0 Å². The van der Waals surface area contributed by atoms with Gasteiger partial charge in [-0.1, -0.05) is 78.3 Å². The normalized spacial score (nSPS) is 11.8. The number of nitrogens with zero attached hydrogens (tertiary/aromatic N) is 1. The molecule has 3 aromatic rings. The molecule has 0 fully saturated rings. The van der Waals surface area contributed by atoms with Crippen molar-refractivity contribution in [2.24, 2.45) is 0 Å². The van der Waals surface area contributed by atoms with Gasteiger partial charge in [0.1, 0.15) is 6.04 Å². The highest BCUT2D eigenvalue weighted by Gasteiger charge is 2.31. The van der Waals surface area contributed by atoms with Crippen LogP contribution in [0.5, 0.6) is 0 Å². The lowest BCUT2D eigenvalue weighted by atomic mass is 10.0. The lowest BCUT2D eigenvalue weighted by Gasteiger charge is -2.32.